The van der Waals surface area contributed by atoms with Gasteiger partial charge in [0.2, 0.25) is 5.91 Å². The summed E-state index contributed by atoms with van der Waals surface area (Å²) in [4.78, 5) is 22.6. The molecule has 1 aromatic heterocycles. The fourth-order valence-electron chi connectivity index (χ4n) is 0.951. The molecule has 2 N–H and O–H groups in total. The zero-order chi connectivity index (χ0) is 11.4. The first-order chi connectivity index (χ1) is 7.02. The van der Waals surface area contributed by atoms with Gasteiger partial charge in [0.1, 0.15) is 5.76 Å². The summed E-state index contributed by atoms with van der Waals surface area (Å²) < 4.78 is 4.97. The summed E-state index contributed by atoms with van der Waals surface area (Å²) in [5.41, 5.74) is 5.04. The van der Waals surface area contributed by atoms with E-state index in [0.717, 1.165) is 0 Å². The molecule has 5 nitrogen and oxygen atoms in total. The Labute approximate surface area is 87.8 Å². The van der Waals surface area contributed by atoms with E-state index in [4.69, 9.17) is 4.42 Å². The van der Waals surface area contributed by atoms with Crippen molar-refractivity contribution in [2.24, 2.45) is 5.92 Å². The quantitative estimate of drug-likeness (QED) is 0.715. The van der Waals surface area contributed by atoms with Gasteiger partial charge in [0.15, 0.2) is 0 Å². The van der Waals surface area contributed by atoms with Crippen LogP contribution < -0.4 is 10.9 Å². The largest absolute Gasteiger partial charge is 0.469 e. The maximum absolute atomic E-state index is 11.5. The number of hydrogen-bond donors (Lipinski definition) is 2. The van der Waals surface area contributed by atoms with Crippen molar-refractivity contribution in [3.8, 4) is 0 Å². The smallest absolute Gasteiger partial charge is 0.273 e. The third-order valence-electron chi connectivity index (χ3n) is 1.93. The Bertz CT molecular complexity index is 368. The normalized spacial score (nSPS) is 10.1. The van der Waals surface area contributed by atoms with Gasteiger partial charge in [-0.1, -0.05) is 13.8 Å². The van der Waals surface area contributed by atoms with Gasteiger partial charge in [-0.25, -0.2) is 0 Å². The van der Waals surface area contributed by atoms with Gasteiger partial charge >= 0.3 is 0 Å². The zero-order valence-corrected chi connectivity index (χ0v) is 8.96. The Morgan fingerprint density at radius 3 is 2.47 bits per heavy atom. The highest BCUT2D eigenvalue weighted by Gasteiger charge is 2.13. The SMILES string of the molecule is Cc1occc1C(=O)NNC(=O)C(C)C. The lowest BCUT2D eigenvalue weighted by Crippen LogP contribution is -2.43. The number of aryl methyl sites for hydroxylation is 1. The van der Waals surface area contributed by atoms with E-state index in [9.17, 15) is 9.59 Å². The Morgan fingerprint density at radius 2 is 2.00 bits per heavy atom. The Morgan fingerprint density at radius 1 is 1.33 bits per heavy atom. The van der Waals surface area contributed by atoms with Crippen LogP contribution in [0.3, 0.4) is 0 Å². The predicted octanol–water partition coefficient (Wildman–Crippen LogP) is 1.01. The van der Waals surface area contributed by atoms with Gasteiger partial charge in [-0.2, -0.15) is 0 Å². The van der Waals surface area contributed by atoms with Gasteiger partial charge in [0.25, 0.3) is 5.91 Å². The number of furan rings is 1. The molecular weight excluding hydrogens is 196 g/mol. The van der Waals surface area contributed by atoms with Crippen molar-refractivity contribution in [2.45, 2.75) is 20.8 Å². The molecule has 1 aromatic rings. The van der Waals surface area contributed by atoms with Crippen LogP contribution in [0.5, 0.6) is 0 Å². The molecule has 1 rings (SSSR count). The third kappa shape index (κ3) is 2.83. The molecule has 0 saturated heterocycles. The number of amides is 2. The molecular formula is C10H14N2O3. The fourth-order valence-corrected chi connectivity index (χ4v) is 0.951. The fraction of sp³-hybridized carbons (Fsp3) is 0.400. The number of carbonyl (C=O) groups is 2. The lowest BCUT2D eigenvalue weighted by Gasteiger charge is -2.08. The zero-order valence-electron chi connectivity index (χ0n) is 8.96. The van der Waals surface area contributed by atoms with E-state index in [2.05, 4.69) is 10.9 Å². The molecule has 82 valence electrons. The van der Waals surface area contributed by atoms with Gasteiger partial charge in [-0.3, -0.25) is 20.4 Å². The van der Waals surface area contributed by atoms with Crippen LogP contribution in [-0.2, 0) is 4.79 Å². The first-order valence-corrected chi connectivity index (χ1v) is 4.66. The molecule has 0 fully saturated rings. The van der Waals surface area contributed by atoms with Gasteiger partial charge in [0, 0.05) is 5.92 Å². The Balaban J connectivity index is 2.51. The molecule has 5 heteroatoms. The third-order valence-corrected chi connectivity index (χ3v) is 1.93. The summed E-state index contributed by atoms with van der Waals surface area (Å²) in [6.45, 7) is 5.16. The summed E-state index contributed by atoms with van der Waals surface area (Å²) in [6, 6.07) is 1.55. The van der Waals surface area contributed by atoms with Crippen LogP contribution in [-0.4, -0.2) is 11.8 Å². The van der Waals surface area contributed by atoms with E-state index >= 15 is 0 Å². The minimum Gasteiger partial charge on any atom is -0.469 e. The van der Waals surface area contributed by atoms with E-state index in [0.29, 0.717) is 11.3 Å². The molecule has 0 unspecified atom stereocenters. The van der Waals surface area contributed by atoms with Crippen LogP contribution in [0.4, 0.5) is 0 Å². The molecule has 1 heterocycles. The van der Waals surface area contributed by atoms with Crippen LogP contribution in [0.2, 0.25) is 0 Å². The predicted molar refractivity (Wildman–Crippen MR) is 53.9 cm³/mol. The average molecular weight is 210 g/mol. The summed E-state index contributed by atoms with van der Waals surface area (Å²) in [5, 5.41) is 0. The summed E-state index contributed by atoms with van der Waals surface area (Å²) in [6.07, 6.45) is 1.43. The molecule has 0 aliphatic rings. The molecule has 0 aromatic carbocycles. The van der Waals surface area contributed by atoms with Crippen molar-refractivity contribution in [1.82, 2.24) is 10.9 Å². The lowest BCUT2D eigenvalue weighted by atomic mass is 10.2. The number of hydrazine groups is 1. The second-order valence-corrected chi connectivity index (χ2v) is 3.49. The molecule has 0 saturated carbocycles. The first-order valence-electron chi connectivity index (χ1n) is 4.66. The summed E-state index contributed by atoms with van der Waals surface area (Å²) in [7, 11) is 0. The van der Waals surface area contributed by atoms with Crippen LogP contribution in [0.15, 0.2) is 16.7 Å². The highest BCUT2D eigenvalue weighted by atomic mass is 16.3. The van der Waals surface area contributed by atoms with Crippen molar-refractivity contribution in [3.05, 3.63) is 23.7 Å². The van der Waals surface area contributed by atoms with E-state index in [1.54, 1.807) is 26.8 Å². The summed E-state index contributed by atoms with van der Waals surface area (Å²) >= 11 is 0. The molecule has 0 aliphatic carbocycles. The van der Waals surface area contributed by atoms with Crippen LogP contribution in [0.1, 0.15) is 30.0 Å². The van der Waals surface area contributed by atoms with Crippen molar-refractivity contribution < 1.29 is 14.0 Å². The minimum absolute atomic E-state index is 0.171. The maximum Gasteiger partial charge on any atom is 0.273 e. The van der Waals surface area contributed by atoms with Crippen molar-refractivity contribution in [3.63, 3.8) is 0 Å². The Kier molecular flexibility index (Phi) is 3.49. The number of nitrogens with one attached hydrogen (secondary N) is 2. The van der Waals surface area contributed by atoms with E-state index in [1.807, 2.05) is 0 Å². The van der Waals surface area contributed by atoms with Crippen LogP contribution >= 0.6 is 0 Å². The second kappa shape index (κ2) is 4.63. The number of rotatable bonds is 2. The van der Waals surface area contributed by atoms with Crippen molar-refractivity contribution in [2.75, 3.05) is 0 Å². The molecule has 0 aliphatic heterocycles. The topological polar surface area (TPSA) is 71.3 Å². The van der Waals surface area contributed by atoms with E-state index in [1.165, 1.54) is 6.26 Å². The minimum atomic E-state index is -0.379. The van der Waals surface area contributed by atoms with Gasteiger partial charge < -0.3 is 4.42 Å². The monoisotopic (exact) mass is 210 g/mol. The van der Waals surface area contributed by atoms with Gasteiger partial charge in [-0.05, 0) is 13.0 Å². The average Bonchev–Trinajstić information content (AvgIpc) is 2.60. The van der Waals surface area contributed by atoms with Gasteiger partial charge in [0.05, 0.1) is 11.8 Å². The second-order valence-electron chi connectivity index (χ2n) is 3.49. The molecule has 0 bridgehead atoms. The van der Waals surface area contributed by atoms with Crippen LogP contribution in [0, 0.1) is 12.8 Å². The summed E-state index contributed by atoms with van der Waals surface area (Å²) in [5.74, 6) is -0.262. The van der Waals surface area contributed by atoms with E-state index in [-0.39, 0.29) is 17.7 Å². The maximum atomic E-state index is 11.5. The number of carbonyl (C=O) groups excluding carboxylic acids is 2. The lowest BCUT2D eigenvalue weighted by molar-refractivity contribution is -0.124. The highest BCUT2D eigenvalue weighted by Crippen LogP contribution is 2.07. The number of hydrogen-bond acceptors (Lipinski definition) is 3. The molecule has 2 amide bonds. The standard InChI is InChI=1S/C10H14N2O3/c1-6(2)9(13)11-12-10(14)8-4-5-15-7(8)3/h4-6H,1-3H3,(H,11,13)(H,12,14). The molecule has 0 radical (unpaired) electrons. The molecule has 15 heavy (non-hydrogen) atoms. The Hall–Kier alpha value is -1.78. The van der Waals surface area contributed by atoms with Gasteiger partial charge in [-0.15, -0.1) is 0 Å². The van der Waals surface area contributed by atoms with Crippen molar-refractivity contribution >= 4 is 11.8 Å². The first kappa shape index (κ1) is 11.3. The molecule has 0 spiro atoms. The molecule has 0 atom stereocenters. The van der Waals surface area contributed by atoms with Crippen LogP contribution in [0.25, 0.3) is 0 Å². The highest BCUT2D eigenvalue weighted by molar-refractivity contribution is 5.96. The van der Waals surface area contributed by atoms with E-state index < -0.39 is 0 Å². The van der Waals surface area contributed by atoms with Crippen molar-refractivity contribution in [1.29, 1.82) is 0 Å².